The van der Waals surface area contributed by atoms with Gasteiger partial charge in [-0.2, -0.15) is 0 Å². The first-order valence-electron chi connectivity index (χ1n) is 6.39. The van der Waals surface area contributed by atoms with Crippen molar-refractivity contribution in [1.29, 1.82) is 0 Å². The molecule has 4 heteroatoms. The number of hydrogen-bond donors (Lipinski definition) is 1. The second kappa shape index (κ2) is 5.67. The summed E-state index contributed by atoms with van der Waals surface area (Å²) < 4.78 is 0. The minimum atomic E-state index is 0.462. The van der Waals surface area contributed by atoms with Gasteiger partial charge < -0.3 is 15.5 Å². The van der Waals surface area contributed by atoms with Gasteiger partial charge in [-0.3, -0.25) is 0 Å². The molecule has 1 aliphatic rings. The third-order valence-corrected chi connectivity index (χ3v) is 4.03. The highest BCUT2D eigenvalue weighted by Gasteiger charge is 2.20. The lowest BCUT2D eigenvalue weighted by Crippen LogP contribution is -2.41. The fraction of sp³-hybridized carbons (Fsp3) is 0.500. The van der Waals surface area contributed by atoms with Crippen molar-refractivity contribution < 1.29 is 0 Å². The maximum atomic E-state index is 5.61. The van der Waals surface area contributed by atoms with Gasteiger partial charge in [-0.25, -0.2) is 0 Å². The van der Waals surface area contributed by atoms with Crippen LogP contribution in [0.15, 0.2) is 24.3 Å². The first-order valence-corrected chi connectivity index (χ1v) is 6.80. The summed E-state index contributed by atoms with van der Waals surface area (Å²) in [5.41, 5.74) is 7.79. The number of thiocarbonyl (C=S) groups is 1. The molecule has 2 rings (SSSR count). The molecule has 0 atom stereocenters. The Hall–Kier alpha value is -1.13. The first-order chi connectivity index (χ1) is 8.58. The van der Waals surface area contributed by atoms with Gasteiger partial charge in [0, 0.05) is 24.3 Å². The third-order valence-electron chi connectivity index (χ3n) is 3.79. The fourth-order valence-corrected chi connectivity index (χ4v) is 2.59. The Morgan fingerprint density at radius 2 is 1.83 bits per heavy atom. The zero-order valence-electron chi connectivity index (χ0n) is 11.1. The summed E-state index contributed by atoms with van der Waals surface area (Å²) in [5, 5.41) is 0. The number of nitrogens with two attached hydrogens (primary N) is 1. The summed E-state index contributed by atoms with van der Waals surface area (Å²) in [4.78, 5) is 5.22. The number of benzene rings is 1. The molecule has 2 N–H and O–H groups in total. The Bertz CT molecular complexity index is 408. The van der Waals surface area contributed by atoms with Gasteiger partial charge in [0.2, 0.25) is 0 Å². The van der Waals surface area contributed by atoms with Crippen molar-refractivity contribution in [2.75, 3.05) is 32.1 Å². The molecule has 0 spiro atoms. The van der Waals surface area contributed by atoms with Crippen molar-refractivity contribution in [2.45, 2.75) is 18.9 Å². The average Bonchev–Trinajstić information content (AvgIpc) is 2.39. The minimum Gasteiger partial charge on any atom is -0.389 e. The molecular weight excluding hydrogens is 242 g/mol. The normalized spacial score (nSPS) is 17.7. The first kappa shape index (κ1) is 13.3. The topological polar surface area (TPSA) is 32.5 Å². The molecule has 0 bridgehead atoms. The van der Waals surface area contributed by atoms with E-state index in [-0.39, 0.29) is 0 Å². The molecule has 1 fully saturated rings. The second-order valence-corrected chi connectivity index (χ2v) is 5.50. The monoisotopic (exact) mass is 263 g/mol. The van der Waals surface area contributed by atoms with Gasteiger partial charge in [0.05, 0.1) is 0 Å². The van der Waals surface area contributed by atoms with Gasteiger partial charge in [-0.1, -0.05) is 12.2 Å². The van der Waals surface area contributed by atoms with Crippen molar-refractivity contribution >= 4 is 22.9 Å². The molecule has 3 nitrogen and oxygen atoms in total. The molecular formula is C14H21N3S. The van der Waals surface area contributed by atoms with Crippen molar-refractivity contribution in [1.82, 2.24) is 4.90 Å². The standard InChI is InChI=1S/C14H21N3S/c1-16-9-7-13(8-10-16)17(2)12-5-3-11(4-6-12)14(15)18/h3-6,13H,7-10H2,1-2H3,(H2,15,18). The molecule has 0 aromatic heterocycles. The Morgan fingerprint density at radius 1 is 1.28 bits per heavy atom. The zero-order valence-corrected chi connectivity index (χ0v) is 11.9. The molecule has 1 heterocycles. The molecule has 0 amide bonds. The Balaban J connectivity index is 2.04. The number of likely N-dealkylation sites (tertiary alicyclic amines) is 1. The Labute approximate surface area is 115 Å². The van der Waals surface area contributed by atoms with Crippen LogP contribution in [-0.2, 0) is 0 Å². The van der Waals surface area contributed by atoms with Crippen molar-refractivity contribution in [3.8, 4) is 0 Å². The second-order valence-electron chi connectivity index (χ2n) is 5.06. The molecule has 0 radical (unpaired) electrons. The lowest BCUT2D eigenvalue weighted by atomic mass is 10.0. The molecule has 98 valence electrons. The zero-order chi connectivity index (χ0) is 13.1. The number of rotatable bonds is 3. The van der Waals surface area contributed by atoms with Crippen LogP contribution in [0.1, 0.15) is 18.4 Å². The SMILES string of the molecule is CN1CCC(N(C)c2ccc(C(N)=S)cc2)CC1. The summed E-state index contributed by atoms with van der Waals surface area (Å²) in [6.45, 7) is 2.36. The summed E-state index contributed by atoms with van der Waals surface area (Å²) in [6.07, 6.45) is 2.45. The van der Waals surface area contributed by atoms with Crippen molar-refractivity contribution in [3.05, 3.63) is 29.8 Å². The van der Waals surface area contributed by atoms with E-state index in [9.17, 15) is 0 Å². The third kappa shape index (κ3) is 3.00. The van der Waals surface area contributed by atoms with Crippen LogP contribution in [-0.4, -0.2) is 43.1 Å². The average molecular weight is 263 g/mol. The summed E-state index contributed by atoms with van der Waals surface area (Å²) in [5.74, 6) is 0. The van der Waals surface area contributed by atoms with Gasteiger partial charge in [-0.15, -0.1) is 0 Å². The number of nitrogens with zero attached hydrogens (tertiary/aromatic N) is 2. The predicted molar refractivity (Wildman–Crippen MR) is 81.3 cm³/mol. The lowest BCUT2D eigenvalue weighted by molar-refractivity contribution is 0.253. The Morgan fingerprint density at radius 3 is 2.33 bits per heavy atom. The number of piperidine rings is 1. The van der Waals surface area contributed by atoms with E-state index in [1.165, 1.54) is 31.6 Å². The molecule has 1 aromatic rings. The van der Waals surface area contributed by atoms with E-state index < -0.39 is 0 Å². The highest BCUT2D eigenvalue weighted by molar-refractivity contribution is 7.80. The fourth-order valence-electron chi connectivity index (χ4n) is 2.45. The summed E-state index contributed by atoms with van der Waals surface area (Å²) >= 11 is 4.97. The van der Waals surface area contributed by atoms with E-state index >= 15 is 0 Å². The van der Waals surface area contributed by atoms with E-state index in [1.807, 2.05) is 12.1 Å². The van der Waals surface area contributed by atoms with Crippen molar-refractivity contribution in [2.24, 2.45) is 5.73 Å². The smallest absolute Gasteiger partial charge is 0.103 e. The maximum Gasteiger partial charge on any atom is 0.103 e. The van der Waals surface area contributed by atoms with Crippen LogP contribution in [0.25, 0.3) is 0 Å². The molecule has 1 saturated heterocycles. The van der Waals surface area contributed by atoms with Crippen LogP contribution >= 0.6 is 12.2 Å². The van der Waals surface area contributed by atoms with E-state index in [1.54, 1.807) is 0 Å². The molecule has 0 saturated carbocycles. The summed E-state index contributed by atoms with van der Waals surface area (Å²) in [6, 6.07) is 8.85. The van der Waals surface area contributed by atoms with Gasteiger partial charge in [0.1, 0.15) is 4.99 Å². The van der Waals surface area contributed by atoms with Crippen LogP contribution < -0.4 is 10.6 Å². The van der Waals surface area contributed by atoms with Gasteiger partial charge >= 0.3 is 0 Å². The van der Waals surface area contributed by atoms with E-state index in [4.69, 9.17) is 18.0 Å². The highest BCUT2D eigenvalue weighted by atomic mass is 32.1. The van der Waals surface area contributed by atoms with Crippen molar-refractivity contribution in [3.63, 3.8) is 0 Å². The summed E-state index contributed by atoms with van der Waals surface area (Å²) in [7, 11) is 4.36. The number of hydrogen-bond acceptors (Lipinski definition) is 3. The molecule has 1 aromatic carbocycles. The minimum absolute atomic E-state index is 0.462. The van der Waals surface area contributed by atoms with Gasteiger partial charge in [0.25, 0.3) is 0 Å². The van der Waals surface area contributed by atoms with E-state index in [0.717, 1.165) is 5.56 Å². The van der Waals surface area contributed by atoms with Crippen LogP contribution in [0, 0.1) is 0 Å². The lowest BCUT2D eigenvalue weighted by Gasteiger charge is -2.36. The highest BCUT2D eigenvalue weighted by Crippen LogP contribution is 2.22. The van der Waals surface area contributed by atoms with Crippen LogP contribution in [0.2, 0.25) is 0 Å². The largest absolute Gasteiger partial charge is 0.389 e. The van der Waals surface area contributed by atoms with E-state index in [2.05, 4.69) is 36.0 Å². The molecule has 0 aliphatic carbocycles. The Kier molecular flexibility index (Phi) is 4.19. The quantitative estimate of drug-likeness (QED) is 0.844. The predicted octanol–water partition coefficient (Wildman–Crippen LogP) is 1.85. The van der Waals surface area contributed by atoms with Gasteiger partial charge in [-0.05, 0) is 57.2 Å². The molecule has 18 heavy (non-hydrogen) atoms. The van der Waals surface area contributed by atoms with Crippen LogP contribution in [0.4, 0.5) is 5.69 Å². The molecule has 0 unspecified atom stereocenters. The van der Waals surface area contributed by atoms with Crippen LogP contribution in [0.3, 0.4) is 0 Å². The van der Waals surface area contributed by atoms with E-state index in [0.29, 0.717) is 11.0 Å². The van der Waals surface area contributed by atoms with Gasteiger partial charge in [0.15, 0.2) is 0 Å². The number of anilines is 1. The molecule has 1 aliphatic heterocycles. The van der Waals surface area contributed by atoms with Crippen LogP contribution in [0.5, 0.6) is 0 Å². The maximum absolute atomic E-state index is 5.61.